The van der Waals surface area contributed by atoms with Crippen molar-refractivity contribution in [3.8, 4) is 11.3 Å². The first-order valence-corrected chi connectivity index (χ1v) is 8.40. The minimum absolute atomic E-state index is 0.0803. The molecule has 0 saturated heterocycles. The van der Waals surface area contributed by atoms with Crippen LogP contribution in [0.5, 0.6) is 0 Å². The molecule has 3 rings (SSSR count). The van der Waals surface area contributed by atoms with Crippen molar-refractivity contribution in [3.63, 3.8) is 0 Å². The van der Waals surface area contributed by atoms with Crippen LogP contribution >= 0.6 is 11.6 Å². The van der Waals surface area contributed by atoms with E-state index in [1.54, 1.807) is 0 Å². The fourth-order valence-electron chi connectivity index (χ4n) is 2.73. The van der Waals surface area contributed by atoms with Gasteiger partial charge in [0.25, 0.3) is 0 Å². The van der Waals surface area contributed by atoms with Crippen molar-refractivity contribution < 1.29 is 0 Å². The molecule has 0 spiro atoms. The van der Waals surface area contributed by atoms with Crippen molar-refractivity contribution in [2.75, 3.05) is 11.1 Å². The van der Waals surface area contributed by atoms with E-state index in [-0.39, 0.29) is 12.0 Å². The van der Waals surface area contributed by atoms with E-state index >= 15 is 0 Å². The largest absolute Gasteiger partial charge is 0.368 e. The summed E-state index contributed by atoms with van der Waals surface area (Å²) >= 11 is 6.25. The van der Waals surface area contributed by atoms with Gasteiger partial charge in [-0.05, 0) is 24.1 Å². The van der Waals surface area contributed by atoms with E-state index in [0.29, 0.717) is 23.1 Å². The lowest BCUT2D eigenvalue weighted by Gasteiger charge is -2.16. The molecule has 5 nitrogen and oxygen atoms in total. The Bertz CT molecular complexity index is 867. The van der Waals surface area contributed by atoms with Crippen LogP contribution in [0.1, 0.15) is 24.1 Å². The molecule has 0 aliphatic carbocycles. The minimum atomic E-state index is 0.0803. The third-order valence-electron chi connectivity index (χ3n) is 4.01. The Labute approximate surface area is 152 Å². The number of nitrogens with two attached hydrogens (primary N) is 2. The van der Waals surface area contributed by atoms with Gasteiger partial charge in [0.1, 0.15) is 5.82 Å². The van der Waals surface area contributed by atoms with E-state index in [1.165, 1.54) is 0 Å². The van der Waals surface area contributed by atoms with Crippen molar-refractivity contribution in [2.45, 2.75) is 19.5 Å². The highest BCUT2D eigenvalue weighted by molar-refractivity contribution is 6.31. The van der Waals surface area contributed by atoms with Crippen LogP contribution in [0, 0.1) is 0 Å². The summed E-state index contributed by atoms with van der Waals surface area (Å²) < 4.78 is 0. The number of aromatic nitrogens is 2. The zero-order chi connectivity index (χ0) is 17.8. The van der Waals surface area contributed by atoms with Crippen LogP contribution in [0.15, 0.2) is 54.6 Å². The van der Waals surface area contributed by atoms with E-state index in [1.807, 2.05) is 42.5 Å². The molecule has 2 aromatic carbocycles. The van der Waals surface area contributed by atoms with E-state index in [4.69, 9.17) is 23.1 Å². The van der Waals surface area contributed by atoms with Gasteiger partial charge >= 0.3 is 0 Å². The van der Waals surface area contributed by atoms with E-state index in [2.05, 4.69) is 34.3 Å². The fourth-order valence-corrected chi connectivity index (χ4v) is 2.98. The molecule has 6 heteroatoms. The predicted molar refractivity (Wildman–Crippen MR) is 103 cm³/mol. The number of anilines is 2. The number of benzene rings is 2. The maximum Gasteiger partial charge on any atom is 0.222 e. The Kier molecular flexibility index (Phi) is 5.16. The third-order valence-corrected chi connectivity index (χ3v) is 4.36. The Morgan fingerprint density at radius 2 is 1.84 bits per heavy atom. The quantitative estimate of drug-likeness (QED) is 0.644. The van der Waals surface area contributed by atoms with Gasteiger partial charge in [-0.25, -0.2) is 4.98 Å². The second-order valence-electron chi connectivity index (χ2n) is 5.74. The van der Waals surface area contributed by atoms with Gasteiger partial charge in [-0.15, -0.1) is 0 Å². The number of nitrogen functional groups attached to an aromatic ring is 1. The van der Waals surface area contributed by atoms with Crippen molar-refractivity contribution in [3.05, 3.63) is 70.7 Å². The van der Waals surface area contributed by atoms with Crippen LogP contribution in [0.3, 0.4) is 0 Å². The van der Waals surface area contributed by atoms with Crippen LogP contribution in [-0.2, 0) is 6.54 Å². The first-order chi connectivity index (χ1) is 12.1. The van der Waals surface area contributed by atoms with Gasteiger partial charge in [0.05, 0.1) is 5.69 Å². The minimum Gasteiger partial charge on any atom is -0.368 e. The summed E-state index contributed by atoms with van der Waals surface area (Å²) in [6, 6.07) is 17.7. The highest BCUT2D eigenvalue weighted by Gasteiger charge is 2.13. The number of halogens is 1. The predicted octanol–water partition coefficient (Wildman–Crippen LogP) is 4.01. The molecule has 1 aromatic heterocycles. The molecular weight excluding hydrogens is 334 g/mol. The summed E-state index contributed by atoms with van der Waals surface area (Å²) in [5.74, 6) is 0.852. The summed E-state index contributed by atoms with van der Waals surface area (Å²) in [6.07, 6.45) is 0. The van der Waals surface area contributed by atoms with Crippen molar-refractivity contribution in [1.82, 2.24) is 9.97 Å². The normalized spacial score (nSPS) is 12.0. The monoisotopic (exact) mass is 353 g/mol. The van der Waals surface area contributed by atoms with Crippen molar-refractivity contribution in [1.29, 1.82) is 0 Å². The maximum atomic E-state index is 6.25. The molecule has 3 aromatic rings. The molecule has 0 radical (unpaired) electrons. The van der Waals surface area contributed by atoms with Crippen LogP contribution in [0.4, 0.5) is 11.8 Å². The molecular formula is C19H20ClN5. The van der Waals surface area contributed by atoms with Gasteiger partial charge in [0, 0.05) is 29.2 Å². The standard InChI is InChI=1S/C19H20ClN5/c1-12(13-6-3-2-4-7-13)23-18-10-17(24-19(22)25-18)14-8-5-9-16(20)15(14)11-21/h2-10,12H,11,21H2,1H3,(H3,22,23,24,25). The lowest BCUT2D eigenvalue weighted by molar-refractivity contribution is 0.873. The summed E-state index contributed by atoms with van der Waals surface area (Å²) in [5, 5.41) is 3.98. The second-order valence-corrected chi connectivity index (χ2v) is 6.15. The Morgan fingerprint density at radius 3 is 2.56 bits per heavy atom. The molecule has 128 valence electrons. The van der Waals surface area contributed by atoms with Crippen molar-refractivity contribution in [2.24, 2.45) is 5.73 Å². The zero-order valence-corrected chi connectivity index (χ0v) is 14.7. The van der Waals surface area contributed by atoms with Gasteiger partial charge in [0.15, 0.2) is 0 Å². The molecule has 0 amide bonds. The topological polar surface area (TPSA) is 89.8 Å². The number of nitrogens with one attached hydrogen (secondary N) is 1. The first-order valence-electron chi connectivity index (χ1n) is 8.02. The molecule has 0 aliphatic rings. The zero-order valence-electron chi connectivity index (χ0n) is 13.9. The van der Waals surface area contributed by atoms with Crippen LogP contribution < -0.4 is 16.8 Å². The molecule has 0 saturated carbocycles. The van der Waals surface area contributed by atoms with E-state index in [0.717, 1.165) is 16.7 Å². The lowest BCUT2D eigenvalue weighted by Crippen LogP contribution is -2.10. The van der Waals surface area contributed by atoms with Crippen LogP contribution in [0.2, 0.25) is 5.02 Å². The summed E-state index contributed by atoms with van der Waals surface area (Å²) in [6.45, 7) is 2.39. The SMILES string of the molecule is CC(Nc1cc(-c2cccc(Cl)c2CN)nc(N)n1)c1ccccc1. The molecule has 1 unspecified atom stereocenters. The van der Waals surface area contributed by atoms with Crippen LogP contribution in [0.25, 0.3) is 11.3 Å². The third kappa shape index (κ3) is 3.90. The fraction of sp³-hybridized carbons (Fsp3) is 0.158. The molecule has 5 N–H and O–H groups in total. The molecule has 0 fully saturated rings. The summed E-state index contributed by atoms with van der Waals surface area (Å²) in [5.41, 5.74) is 15.3. The maximum absolute atomic E-state index is 6.25. The first kappa shape index (κ1) is 17.2. The summed E-state index contributed by atoms with van der Waals surface area (Å²) in [4.78, 5) is 8.64. The Balaban J connectivity index is 1.95. The Morgan fingerprint density at radius 1 is 1.08 bits per heavy atom. The highest BCUT2D eigenvalue weighted by Crippen LogP contribution is 2.30. The molecule has 0 bridgehead atoms. The summed E-state index contributed by atoms with van der Waals surface area (Å²) in [7, 11) is 0. The van der Waals surface area contributed by atoms with Gasteiger partial charge in [0.2, 0.25) is 5.95 Å². The number of hydrogen-bond donors (Lipinski definition) is 3. The molecule has 1 heterocycles. The molecule has 0 aliphatic heterocycles. The highest BCUT2D eigenvalue weighted by atomic mass is 35.5. The Hall–Kier alpha value is -2.63. The average molecular weight is 354 g/mol. The van der Waals surface area contributed by atoms with E-state index < -0.39 is 0 Å². The average Bonchev–Trinajstić information content (AvgIpc) is 2.61. The second kappa shape index (κ2) is 7.51. The molecule has 1 atom stereocenters. The smallest absolute Gasteiger partial charge is 0.222 e. The van der Waals surface area contributed by atoms with Gasteiger partial charge in [-0.3, -0.25) is 0 Å². The van der Waals surface area contributed by atoms with Crippen LogP contribution in [-0.4, -0.2) is 9.97 Å². The van der Waals surface area contributed by atoms with Crippen molar-refractivity contribution >= 4 is 23.4 Å². The lowest BCUT2D eigenvalue weighted by atomic mass is 10.0. The van der Waals surface area contributed by atoms with Gasteiger partial charge in [-0.1, -0.05) is 54.1 Å². The van der Waals surface area contributed by atoms with Gasteiger partial charge in [-0.2, -0.15) is 4.98 Å². The van der Waals surface area contributed by atoms with E-state index in [9.17, 15) is 0 Å². The molecule has 25 heavy (non-hydrogen) atoms. The van der Waals surface area contributed by atoms with Gasteiger partial charge < -0.3 is 16.8 Å². The number of nitrogens with zero attached hydrogens (tertiary/aromatic N) is 2. The number of rotatable bonds is 5. The number of hydrogen-bond acceptors (Lipinski definition) is 5.